The molecule has 0 saturated carbocycles. The molecule has 8 nitrogen and oxygen atoms in total. The van der Waals surface area contributed by atoms with Gasteiger partial charge in [0.25, 0.3) is 0 Å². The van der Waals surface area contributed by atoms with E-state index >= 15 is 0 Å². The van der Waals surface area contributed by atoms with Gasteiger partial charge in [-0.3, -0.25) is 4.79 Å². The van der Waals surface area contributed by atoms with E-state index in [0.717, 1.165) is 5.56 Å². The number of esters is 1. The Balaban J connectivity index is 1.76. The van der Waals surface area contributed by atoms with E-state index in [-0.39, 0.29) is 30.8 Å². The van der Waals surface area contributed by atoms with Crippen LogP contribution >= 0.6 is 0 Å². The lowest BCUT2D eigenvalue weighted by molar-refractivity contribution is -0.151. The van der Waals surface area contributed by atoms with Crippen LogP contribution < -0.4 is 14.2 Å². The van der Waals surface area contributed by atoms with Crippen molar-refractivity contribution >= 4 is 16.0 Å². The highest BCUT2D eigenvalue weighted by atomic mass is 32.2. The van der Waals surface area contributed by atoms with Crippen LogP contribution in [0.1, 0.15) is 36.1 Å². The smallest absolute Gasteiger partial charge is 0.325 e. The second-order valence-corrected chi connectivity index (χ2v) is 11.4. The maximum absolute atomic E-state index is 14.4. The van der Waals surface area contributed by atoms with Gasteiger partial charge in [0, 0.05) is 6.54 Å². The van der Waals surface area contributed by atoms with Crippen LogP contribution in [0.15, 0.2) is 65.6 Å². The van der Waals surface area contributed by atoms with Crippen LogP contribution in [0.3, 0.4) is 0 Å². The molecule has 3 aromatic carbocycles. The summed E-state index contributed by atoms with van der Waals surface area (Å²) in [6.07, 6.45) is 0. The SMILES string of the molecule is COc1cc(C)c(S(=O)(=O)N(Cc2ccc3c(c2)OCO3)[C@@H](C(=O)OCc2ccccc2)C(C)C)c(C)c1. The van der Waals surface area contributed by atoms with Gasteiger partial charge < -0.3 is 18.9 Å². The van der Waals surface area contributed by atoms with Gasteiger partial charge >= 0.3 is 5.97 Å². The predicted molar refractivity (Wildman–Crippen MR) is 143 cm³/mol. The summed E-state index contributed by atoms with van der Waals surface area (Å²) in [7, 11) is -2.63. The molecule has 1 atom stereocenters. The number of aryl methyl sites for hydroxylation is 2. The van der Waals surface area contributed by atoms with Crippen molar-refractivity contribution in [2.75, 3.05) is 13.9 Å². The number of fused-ring (bicyclic) bond motifs is 1. The fourth-order valence-corrected chi connectivity index (χ4v) is 6.75. The van der Waals surface area contributed by atoms with Crippen molar-refractivity contribution < 1.29 is 32.2 Å². The van der Waals surface area contributed by atoms with Crippen LogP contribution in [-0.4, -0.2) is 38.6 Å². The van der Waals surface area contributed by atoms with Gasteiger partial charge in [0.2, 0.25) is 16.8 Å². The summed E-state index contributed by atoms with van der Waals surface area (Å²) < 4.78 is 51.9. The molecule has 0 radical (unpaired) electrons. The van der Waals surface area contributed by atoms with E-state index < -0.39 is 22.0 Å². The maximum Gasteiger partial charge on any atom is 0.325 e. The summed E-state index contributed by atoms with van der Waals surface area (Å²) in [6, 6.07) is 16.8. The number of methoxy groups -OCH3 is 1. The van der Waals surface area contributed by atoms with Crippen molar-refractivity contribution in [2.24, 2.45) is 5.92 Å². The third kappa shape index (κ3) is 5.79. The molecule has 38 heavy (non-hydrogen) atoms. The average Bonchev–Trinajstić information content (AvgIpc) is 3.35. The fraction of sp³-hybridized carbons (Fsp3) is 0.345. The zero-order valence-electron chi connectivity index (χ0n) is 22.3. The van der Waals surface area contributed by atoms with Crippen LogP contribution in [0.2, 0.25) is 0 Å². The summed E-state index contributed by atoms with van der Waals surface area (Å²) in [6.45, 7) is 7.15. The van der Waals surface area contributed by atoms with Crippen molar-refractivity contribution in [3.8, 4) is 17.2 Å². The Morgan fingerprint density at radius 3 is 2.24 bits per heavy atom. The van der Waals surface area contributed by atoms with Gasteiger partial charge in [0.05, 0.1) is 12.0 Å². The first-order valence-electron chi connectivity index (χ1n) is 12.4. The predicted octanol–water partition coefficient (Wildman–Crippen LogP) is 5.00. The Kier molecular flexibility index (Phi) is 8.28. The topological polar surface area (TPSA) is 91.4 Å². The number of carbonyl (C=O) groups excluding carboxylic acids is 1. The number of ether oxygens (including phenoxy) is 4. The van der Waals surface area contributed by atoms with Crippen molar-refractivity contribution in [3.05, 3.63) is 82.9 Å². The highest BCUT2D eigenvalue weighted by molar-refractivity contribution is 7.89. The van der Waals surface area contributed by atoms with Crippen LogP contribution in [0, 0.1) is 19.8 Å². The summed E-state index contributed by atoms with van der Waals surface area (Å²) in [5.74, 6) is 0.693. The lowest BCUT2D eigenvalue weighted by Crippen LogP contribution is -2.48. The second-order valence-electron chi connectivity index (χ2n) is 9.61. The molecule has 0 bridgehead atoms. The molecule has 0 amide bonds. The molecule has 1 aliphatic rings. The lowest BCUT2D eigenvalue weighted by atomic mass is 10.0. The van der Waals surface area contributed by atoms with Gasteiger partial charge in [-0.15, -0.1) is 0 Å². The number of hydrogen-bond acceptors (Lipinski definition) is 7. The minimum Gasteiger partial charge on any atom is -0.497 e. The monoisotopic (exact) mass is 539 g/mol. The fourth-order valence-electron chi connectivity index (χ4n) is 4.64. The minimum atomic E-state index is -4.17. The second kappa shape index (κ2) is 11.4. The van der Waals surface area contributed by atoms with Crippen molar-refractivity contribution in [1.82, 2.24) is 4.31 Å². The number of rotatable bonds is 10. The molecular weight excluding hydrogens is 506 g/mol. The molecule has 1 aliphatic heterocycles. The van der Waals surface area contributed by atoms with Crippen LogP contribution in [-0.2, 0) is 32.7 Å². The molecule has 0 unspecified atom stereocenters. The number of sulfonamides is 1. The van der Waals surface area contributed by atoms with Crippen molar-refractivity contribution in [2.45, 2.75) is 51.8 Å². The summed E-state index contributed by atoms with van der Waals surface area (Å²) in [4.78, 5) is 13.7. The van der Waals surface area contributed by atoms with Crippen LogP contribution in [0.25, 0.3) is 0 Å². The summed E-state index contributed by atoms with van der Waals surface area (Å²) in [5.41, 5.74) is 2.52. The molecule has 202 valence electrons. The van der Waals surface area contributed by atoms with E-state index in [0.29, 0.717) is 33.9 Å². The maximum atomic E-state index is 14.4. The van der Waals surface area contributed by atoms with E-state index in [9.17, 15) is 13.2 Å². The Labute approximate surface area is 224 Å². The first-order valence-corrected chi connectivity index (χ1v) is 13.8. The van der Waals surface area contributed by atoms with Gasteiger partial charge in [0.1, 0.15) is 18.4 Å². The van der Waals surface area contributed by atoms with Gasteiger partial charge in [-0.1, -0.05) is 50.2 Å². The largest absolute Gasteiger partial charge is 0.497 e. The molecule has 1 heterocycles. The van der Waals surface area contributed by atoms with E-state index in [4.69, 9.17) is 18.9 Å². The molecule has 0 N–H and O–H groups in total. The molecule has 4 rings (SSSR count). The Hall–Kier alpha value is -3.56. The number of nitrogens with zero attached hydrogens (tertiary/aromatic N) is 1. The van der Waals surface area contributed by atoms with Crippen LogP contribution in [0.4, 0.5) is 0 Å². The van der Waals surface area contributed by atoms with Crippen molar-refractivity contribution in [3.63, 3.8) is 0 Å². The minimum absolute atomic E-state index is 0.0431. The molecular formula is C29H33NO7S. The van der Waals surface area contributed by atoms with E-state index in [1.54, 1.807) is 44.2 Å². The van der Waals surface area contributed by atoms with E-state index in [1.807, 2.05) is 44.2 Å². The Morgan fingerprint density at radius 1 is 0.947 bits per heavy atom. The first kappa shape index (κ1) is 27.5. The Bertz CT molecular complexity index is 1380. The highest BCUT2D eigenvalue weighted by Gasteiger charge is 2.40. The van der Waals surface area contributed by atoms with E-state index in [2.05, 4.69) is 0 Å². The van der Waals surface area contributed by atoms with Gasteiger partial charge in [-0.25, -0.2) is 8.42 Å². The number of benzene rings is 3. The molecule has 3 aromatic rings. The zero-order chi connectivity index (χ0) is 27.4. The number of carbonyl (C=O) groups is 1. The molecule has 0 fully saturated rings. The molecule has 0 spiro atoms. The first-order chi connectivity index (χ1) is 18.1. The van der Waals surface area contributed by atoms with Crippen LogP contribution in [0.5, 0.6) is 17.2 Å². The zero-order valence-corrected chi connectivity index (χ0v) is 23.1. The highest BCUT2D eigenvalue weighted by Crippen LogP contribution is 2.35. The molecule has 0 saturated heterocycles. The van der Waals surface area contributed by atoms with E-state index in [1.165, 1.54) is 11.4 Å². The van der Waals surface area contributed by atoms with Gasteiger partial charge in [0.15, 0.2) is 11.5 Å². The lowest BCUT2D eigenvalue weighted by Gasteiger charge is -2.33. The standard InChI is InChI=1S/C29H33NO7S/c1-19(2)27(29(31)35-17-22-9-7-6-8-10-22)30(16-23-11-12-25-26(15-23)37-18-36-25)38(32,33)28-20(3)13-24(34-5)14-21(28)4/h6-15,19,27H,16-18H2,1-5H3/t27-/m1/s1. The van der Waals surface area contributed by atoms with Gasteiger partial charge in [-0.05, 0) is 66.3 Å². The quantitative estimate of drug-likeness (QED) is 0.335. The molecule has 0 aliphatic carbocycles. The Morgan fingerprint density at radius 2 is 1.61 bits per heavy atom. The molecule has 9 heteroatoms. The average molecular weight is 540 g/mol. The molecule has 0 aromatic heterocycles. The van der Waals surface area contributed by atoms with Gasteiger partial charge in [-0.2, -0.15) is 4.31 Å². The summed E-state index contributed by atoms with van der Waals surface area (Å²) in [5, 5.41) is 0. The normalized spacial score (nSPS) is 13.6. The third-order valence-corrected chi connectivity index (χ3v) is 8.55. The number of hydrogen-bond donors (Lipinski definition) is 0. The van der Waals surface area contributed by atoms with Crippen molar-refractivity contribution in [1.29, 1.82) is 0 Å². The summed E-state index contributed by atoms with van der Waals surface area (Å²) >= 11 is 0. The third-order valence-electron chi connectivity index (χ3n) is 6.42.